The van der Waals surface area contributed by atoms with E-state index in [0.29, 0.717) is 43.6 Å². The quantitative estimate of drug-likeness (QED) is 0.287. The molecule has 0 saturated heterocycles. The van der Waals surface area contributed by atoms with Crippen LogP contribution in [0, 0.1) is 11.3 Å². The van der Waals surface area contributed by atoms with Crippen LogP contribution < -0.4 is 10.3 Å². The topological polar surface area (TPSA) is 93.4 Å². The lowest BCUT2D eigenvalue weighted by molar-refractivity contribution is 0.368. The molecular weight excluding hydrogens is 475 g/mol. The highest BCUT2D eigenvalue weighted by molar-refractivity contribution is 6.32. The van der Waals surface area contributed by atoms with Gasteiger partial charge in [0.1, 0.15) is 17.4 Å². The van der Waals surface area contributed by atoms with Gasteiger partial charge in [-0.25, -0.2) is 4.98 Å². The Morgan fingerprint density at radius 2 is 1.97 bits per heavy atom. The molecule has 0 N–H and O–H groups in total. The molecule has 2 heterocycles. The molecule has 5 rings (SSSR count). The smallest absolute Gasteiger partial charge is 0.282 e. The fourth-order valence-electron chi connectivity index (χ4n) is 3.46. The van der Waals surface area contributed by atoms with Crippen LogP contribution in [0.25, 0.3) is 33.5 Å². The van der Waals surface area contributed by atoms with E-state index in [-0.39, 0.29) is 18.0 Å². The van der Waals surface area contributed by atoms with E-state index in [1.807, 2.05) is 12.1 Å². The van der Waals surface area contributed by atoms with Crippen LogP contribution in [0.5, 0.6) is 5.75 Å². The summed E-state index contributed by atoms with van der Waals surface area (Å²) in [5.74, 6) is 0.995. The molecule has 0 aliphatic heterocycles. The Balaban J connectivity index is 1.64. The summed E-state index contributed by atoms with van der Waals surface area (Å²) in [5.41, 5.74) is 1.40. The average molecular weight is 489 g/mol. The van der Waals surface area contributed by atoms with E-state index in [9.17, 15) is 4.79 Å². The summed E-state index contributed by atoms with van der Waals surface area (Å²) < 4.78 is 12.4. The molecule has 2 aromatic heterocycles. The van der Waals surface area contributed by atoms with Gasteiger partial charge in [-0.2, -0.15) is 15.0 Å². The summed E-state index contributed by atoms with van der Waals surface area (Å²) in [4.78, 5) is 18.0. The molecule has 0 aliphatic carbocycles. The number of aromatic nitrogens is 2. The van der Waals surface area contributed by atoms with E-state index >= 15 is 0 Å². The zero-order chi connectivity index (χ0) is 23.7. The summed E-state index contributed by atoms with van der Waals surface area (Å²) in [7, 11) is 0. The maximum Gasteiger partial charge on any atom is 0.282 e. The first-order chi connectivity index (χ1) is 16.5. The predicted octanol–water partition coefficient (Wildman–Crippen LogP) is 5.90. The summed E-state index contributed by atoms with van der Waals surface area (Å²) in [6.07, 6.45) is 1.49. The van der Waals surface area contributed by atoms with Gasteiger partial charge in [0.25, 0.3) is 5.56 Å². The maximum atomic E-state index is 13.3. The number of hydrogen-bond donors (Lipinski definition) is 0. The Kier molecular flexibility index (Phi) is 5.76. The normalized spacial score (nSPS) is 11.3. The number of halogens is 2. The van der Waals surface area contributed by atoms with Gasteiger partial charge >= 0.3 is 0 Å². The van der Waals surface area contributed by atoms with E-state index in [4.69, 9.17) is 37.6 Å². The molecule has 0 fully saturated rings. The maximum absolute atomic E-state index is 13.3. The number of benzene rings is 3. The van der Waals surface area contributed by atoms with Gasteiger partial charge in [0.15, 0.2) is 12.4 Å². The number of fused-ring (bicyclic) bond motifs is 2. The van der Waals surface area contributed by atoms with Crippen molar-refractivity contribution in [3.05, 3.63) is 92.7 Å². The monoisotopic (exact) mass is 488 g/mol. The summed E-state index contributed by atoms with van der Waals surface area (Å²) in [6.45, 7) is -0.114. The lowest BCUT2D eigenvalue weighted by Crippen LogP contribution is -2.20. The van der Waals surface area contributed by atoms with Crippen LogP contribution >= 0.6 is 23.2 Å². The molecule has 0 radical (unpaired) electrons. The third-order valence-corrected chi connectivity index (χ3v) is 5.55. The van der Waals surface area contributed by atoms with Crippen molar-refractivity contribution in [1.82, 2.24) is 9.66 Å². The molecule has 0 atom stereocenters. The lowest BCUT2D eigenvalue weighted by atomic mass is 10.2. The van der Waals surface area contributed by atoms with Crippen LogP contribution in [0.4, 0.5) is 0 Å². The molecule has 0 saturated carbocycles. The first kappa shape index (κ1) is 21.7. The van der Waals surface area contributed by atoms with Gasteiger partial charge in [-0.05, 0) is 60.2 Å². The van der Waals surface area contributed by atoms with Gasteiger partial charge in [0.2, 0.25) is 5.82 Å². The predicted molar refractivity (Wildman–Crippen MR) is 132 cm³/mol. The van der Waals surface area contributed by atoms with E-state index in [2.05, 4.69) is 10.1 Å². The van der Waals surface area contributed by atoms with Crippen molar-refractivity contribution in [1.29, 1.82) is 5.26 Å². The minimum Gasteiger partial charge on any atom is -0.477 e. The molecule has 7 nitrogen and oxygen atoms in total. The molecule has 0 bridgehead atoms. The van der Waals surface area contributed by atoms with E-state index in [1.54, 1.807) is 60.7 Å². The number of rotatable bonds is 5. The van der Waals surface area contributed by atoms with Gasteiger partial charge in [-0.1, -0.05) is 35.3 Å². The van der Waals surface area contributed by atoms with Gasteiger partial charge in [-0.3, -0.25) is 4.79 Å². The summed E-state index contributed by atoms with van der Waals surface area (Å²) >= 11 is 12.3. The Hall–Kier alpha value is -4.12. The number of ether oxygens (including phenoxy) is 1. The molecule has 0 spiro atoms. The molecule has 5 aromatic rings. The number of nitrogens with zero attached hydrogens (tertiary/aromatic N) is 4. The largest absolute Gasteiger partial charge is 0.477 e. The van der Waals surface area contributed by atoms with E-state index < -0.39 is 0 Å². The van der Waals surface area contributed by atoms with Gasteiger partial charge in [0, 0.05) is 10.4 Å². The molecule has 3 aromatic carbocycles. The summed E-state index contributed by atoms with van der Waals surface area (Å²) in [6, 6.07) is 20.9. The highest BCUT2D eigenvalue weighted by Crippen LogP contribution is 2.29. The standard InChI is InChI=1S/C25H14Cl2N4O3/c26-17-6-8-21-16(12-17)13-23(34-21)24-30-20-4-2-1-3-18(20)25(32)31(24)29-14-15-5-7-22(19(27)11-15)33-10-9-28/h1-8,11-14H,10H2. The average Bonchev–Trinajstić information content (AvgIpc) is 3.26. The molecule has 0 aliphatic rings. The third-order valence-electron chi connectivity index (χ3n) is 5.02. The Morgan fingerprint density at radius 3 is 2.79 bits per heavy atom. The second-order valence-electron chi connectivity index (χ2n) is 7.24. The second-order valence-corrected chi connectivity index (χ2v) is 8.09. The highest BCUT2D eigenvalue weighted by Gasteiger charge is 2.16. The molecule has 166 valence electrons. The third kappa shape index (κ3) is 4.13. The Morgan fingerprint density at radius 1 is 1.12 bits per heavy atom. The lowest BCUT2D eigenvalue weighted by Gasteiger charge is -2.08. The Labute approximate surface area is 203 Å². The first-order valence-electron chi connectivity index (χ1n) is 10.1. The van der Waals surface area contributed by atoms with Crippen LogP contribution in [0.3, 0.4) is 0 Å². The molecule has 9 heteroatoms. The first-order valence-corrected chi connectivity index (χ1v) is 10.8. The molecule has 0 unspecified atom stereocenters. The van der Waals surface area contributed by atoms with Crippen molar-refractivity contribution in [3.8, 4) is 23.4 Å². The fraction of sp³-hybridized carbons (Fsp3) is 0.0400. The van der Waals surface area contributed by atoms with Gasteiger partial charge < -0.3 is 9.15 Å². The molecule has 34 heavy (non-hydrogen) atoms. The minimum atomic E-state index is -0.351. The van der Waals surface area contributed by atoms with Crippen LogP contribution in [-0.4, -0.2) is 22.5 Å². The van der Waals surface area contributed by atoms with Crippen molar-refractivity contribution >= 4 is 51.3 Å². The van der Waals surface area contributed by atoms with Crippen molar-refractivity contribution < 1.29 is 9.15 Å². The van der Waals surface area contributed by atoms with Gasteiger partial charge in [0.05, 0.1) is 22.1 Å². The van der Waals surface area contributed by atoms with Crippen molar-refractivity contribution in [2.45, 2.75) is 0 Å². The number of para-hydroxylation sites is 1. The van der Waals surface area contributed by atoms with E-state index in [1.165, 1.54) is 10.9 Å². The van der Waals surface area contributed by atoms with E-state index in [0.717, 1.165) is 5.39 Å². The van der Waals surface area contributed by atoms with Crippen LogP contribution in [-0.2, 0) is 0 Å². The SMILES string of the molecule is N#CCOc1ccc(C=Nn2c(-c3cc4cc(Cl)ccc4o3)nc3ccccc3c2=O)cc1Cl. The van der Waals surface area contributed by atoms with Crippen LogP contribution in [0.1, 0.15) is 5.56 Å². The number of hydrogen-bond acceptors (Lipinski definition) is 6. The second kappa shape index (κ2) is 9.02. The minimum absolute atomic E-state index is 0.114. The highest BCUT2D eigenvalue weighted by atomic mass is 35.5. The zero-order valence-corrected chi connectivity index (χ0v) is 18.9. The van der Waals surface area contributed by atoms with Gasteiger partial charge in [-0.15, -0.1) is 0 Å². The Bertz CT molecular complexity index is 1680. The van der Waals surface area contributed by atoms with Crippen molar-refractivity contribution in [3.63, 3.8) is 0 Å². The van der Waals surface area contributed by atoms with Crippen molar-refractivity contribution in [2.75, 3.05) is 6.61 Å². The molecular formula is C25H14Cl2N4O3. The number of furan rings is 1. The van der Waals surface area contributed by atoms with Crippen molar-refractivity contribution in [2.24, 2.45) is 5.10 Å². The number of nitriles is 1. The molecule has 0 amide bonds. The fourth-order valence-corrected chi connectivity index (χ4v) is 3.89. The summed E-state index contributed by atoms with van der Waals surface area (Å²) in [5, 5.41) is 15.2. The van der Waals surface area contributed by atoms with Crippen LogP contribution in [0.15, 0.2) is 81.0 Å². The van der Waals surface area contributed by atoms with Crippen LogP contribution in [0.2, 0.25) is 10.0 Å². The zero-order valence-electron chi connectivity index (χ0n) is 17.4.